The Morgan fingerprint density at radius 2 is 1.45 bits per heavy atom. The summed E-state index contributed by atoms with van der Waals surface area (Å²) in [5, 5.41) is 2.01. The second-order valence-corrected chi connectivity index (χ2v) is 7.40. The third-order valence-corrected chi connectivity index (χ3v) is 5.80. The molecule has 0 spiro atoms. The Kier molecular flexibility index (Phi) is 10.3. The minimum Gasteiger partial charge on any atom is -0.469 e. The van der Waals surface area contributed by atoms with Crippen LogP contribution in [-0.4, -0.2) is 23.6 Å². The maximum Gasteiger partial charge on any atom is 0.305 e. The summed E-state index contributed by atoms with van der Waals surface area (Å²) in [6.45, 7) is 2.31. The van der Waals surface area contributed by atoms with Gasteiger partial charge in [-0.2, -0.15) is 11.8 Å². The molecule has 20 heavy (non-hydrogen) atoms. The zero-order valence-corrected chi connectivity index (χ0v) is 14.2. The third kappa shape index (κ3) is 8.89. The van der Waals surface area contributed by atoms with E-state index in [0.29, 0.717) is 6.42 Å². The van der Waals surface area contributed by atoms with Gasteiger partial charge in [0.25, 0.3) is 0 Å². The Morgan fingerprint density at radius 1 is 0.900 bits per heavy atom. The molecule has 3 heteroatoms. The van der Waals surface area contributed by atoms with Crippen LogP contribution >= 0.6 is 11.8 Å². The molecule has 0 aromatic heterocycles. The molecule has 2 unspecified atom stereocenters. The van der Waals surface area contributed by atoms with E-state index in [1.54, 1.807) is 0 Å². The summed E-state index contributed by atoms with van der Waals surface area (Å²) in [4.78, 5) is 10.9. The van der Waals surface area contributed by atoms with Crippen LogP contribution in [0.15, 0.2) is 0 Å². The standard InChI is InChI=1S/C17H32O2S/c1-3-15-16(20-15)13-11-9-7-5-4-6-8-10-12-14-17(18)19-2/h15-16H,3-14H2,1-2H3. The highest BCUT2D eigenvalue weighted by Crippen LogP contribution is 2.46. The molecule has 1 rings (SSSR count). The molecule has 2 atom stereocenters. The number of rotatable bonds is 13. The first-order chi connectivity index (χ1) is 9.77. The molecule has 118 valence electrons. The normalized spacial score (nSPS) is 20.9. The van der Waals surface area contributed by atoms with E-state index < -0.39 is 0 Å². The Labute approximate surface area is 129 Å². The number of carbonyl (C=O) groups excluding carboxylic acids is 1. The fourth-order valence-electron chi connectivity index (χ4n) is 2.75. The van der Waals surface area contributed by atoms with Crippen LogP contribution in [0.4, 0.5) is 0 Å². The van der Waals surface area contributed by atoms with Crippen molar-refractivity contribution in [1.82, 2.24) is 0 Å². The van der Waals surface area contributed by atoms with Crippen LogP contribution in [0.3, 0.4) is 0 Å². The lowest BCUT2D eigenvalue weighted by molar-refractivity contribution is -0.140. The Hall–Kier alpha value is -0.180. The molecule has 1 heterocycles. The lowest BCUT2D eigenvalue weighted by atomic mass is 10.0. The second kappa shape index (κ2) is 11.5. The van der Waals surface area contributed by atoms with Gasteiger partial charge in [-0.05, 0) is 19.3 Å². The Morgan fingerprint density at radius 3 is 1.95 bits per heavy atom. The van der Waals surface area contributed by atoms with Crippen molar-refractivity contribution < 1.29 is 9.53 Å². The number of carbonyl (C=O) groups is 1. The van der Waals surface area contributed by atoms with E-state index in [9.17, 15) is 4.79 Å². The lowest BCUT2D eigenvalue weighted by Crippen LogP contribution is -1.99. The molecule has 0 bridgehead atoms. The first kappa shape index (κ1) is 17.9. The Bertz CT molecular complexity index is 255. The summed E-state index contributed by atoms with van der Waals surface area (Å²) < 4.78 is 4.63. The molecule has 0 aromatic carbocycles. The summed E-state index contributed by atoms with van der Waals surface area (Å²) in [6, 6.07) is 0. The molecule has 1 aliphatic rings. The number of hydrogen-bond acceptors (Lipinski definition) is 3. The fourth-order valence-corrected chi connectivity index (χ4v) is 3.93. The molecule has 0 saturated carbocycles. The van der Waals surface area contributed by atoms with Gasteiger partial charge in [0, 0.05) is 16.9 Å². The first-order valence-electron chi connectivity index (χ1n) is 8.50. The molecule has 0 aliphatic carbocycles. The quantitative estimate of drug-likeness (QED) is 0.261. The number of ether oxygens (including phenoxy) is 1. The zero-order chi connectivity index (χ0) is 14.6. The van der Waals surface area contributed by atoms with Crippen LogP contribution in [0.1, 0.15) is 84.0 Å². The van der Waals surface area contributed by atoms with Gasteiger partial charge in [-0.1, -0.05) is 58.3 Å². The highest BCUT2D eigenvalue weighted by atomic mass is 32.2. The largest absolute Gasteiger partial charge is 0.469 e. The number of esters is 1. The van der Waals surface area contributed by atoms with Crippen molar-refractivity contribution >= 4 is 17.7 Å². The average molecular weight is 301 g/mol. The van der Waals surface area contributed by atoms with Crippen LogP contribution in [0.5, 0.6) is 0 Å². The molecule has 0 amide bonds. The van der Waals surface area contributed by atoms with E-state index >= 15 is 0 Å². The van der Waals surface area contributed by atoms with Crippen molar-refractivity contribution in [3.05, 3.63) is 0 Å². The van der Waals surface area contributed by atoms with Crippen LogP contribution in [0.25, 0.3) is 0 Å². The monoisotopic (exact) mass is 300 g/mol. The molecule has 0 N–H and O–H groups in total. The summed E-state index contributed by atoms with van der Waals surface area (Å²) in [5.41, 5.74) is 0. The van der Waals surface area contributed by atoms with Crippen molar-refractivity contribution in [2.24, 2.45) is 0 Å². The average Bonchev–Trinajstić information content (AvgIpc) is 3.23. The Balaban J connectivity index is 1.69. The van der Waals surface area contributed by atoms with Crippen LogP contribution in [0.2, 0.25) is 0 Å². The second-order valence-electron chi connectivity index (χ2n) is 5.92. The molecule has 1 saturated heterocycles. The minimum atomic E-state index is -0.0656. The van der Waals surface area contributed by atoms with Gasteiger partial charge in [0.2, 0.25) is 0 Å². The number of hydrogen-bond donors (Lipinski definition) is 0. The molecular formula is C17H32O2S. The first-order valence-corrected chi connectivity index (χ1v) is 9.44. The highest BCUT2D eigenvalue weighted by Gasteiger charge is 2.35. The summed E-state index contributed by atoms with van der Waals surface area (Å²) in [5.74, 6) is -0.0656. The highest BCUT2D eigenvalue weighted by molar-refractivity contribution is 8.07. The van der Waals surface area contributed by atoms with Gasteiger partial charge in [-0.15, -0.1) is 0 Å². The minimum absolute atomic E-state index is 0.0656. The van der Waals surface area contributed by atoms with Crippen LogP contribution in [0, 0.1) is 0 Å². The predicted molar refractivity (Wildman–Crippen MR) is 88.3 cm³/mol. The maximum absolute atomic E-state index is 10.9. The molecule has 1 fully saturated rings. The summed E-state index contributed by atoms with van der Waals surface area (Å²) >= 11 is 2.19. The van der Waals surface area contributed by atoms with Gasteiger partial charge in [0.15, 0.2) is 0 Å². The van der Waals surface area contributed by atoms with Gasteiger partial charge in [0.05, 0.1) is 7.11 Å². The number of methoxy groups -OCH3 is 1. The number of unbranched alkanes of at least 4 members (excludes halogenated alkanes) is 8. The maximum atomic E-state index is 10.9. The van der Waals surface area contributed by atoms with Crippen molar-refractivity contribution in [3.8, 4) is 0 Å². The van der Waals surface area contributed by atoms with Crippen LogP contribution in [-0.2, 0) is 9.53 Å². The van der Waals surface area contributed by atoms with Gasteiger partial charge in [0.1, 0.15) is 0 Å². The summed E-state index contributed by atoms with van der Waals surface area (Å²) in [6.07, 6.45) is 15.2. The van der Waals surface area contributed by atoms with E-state index in [1.165, 1.54) is 71.3 Å². The molecule has 0 radical (unpaired) electrons. The predicted octanol–water partition coefficient (Wildman–Crippen LogP) is 5.34. The molecular weight excluding hydrogens is 268 g/mol. The fraction of sp³-hybridized carbons (Fsp3) is 0.941. The van der Waals surface area contributed by atoms with E-state index in [4.69, 9.17) is 0 Å². The van der Waals surface area contributed by atoms with Crippen molar-refractivity contribution in [2.75, 3.05) is 7.11 Å². The van der Waals surface area contributed by atoms with Gasteiger partial charge >= 0.3 is 5.97 Å². The van der Waals surface area contributed by atoms with E-state index in [1.807, 2.05) is 0 Å². The van der Waals surface area contributed by atoms with Crippen molar-refractivity contribution in [2.45, 2.75) is 94.5 Å². The van der Waals surface area contributed by atoms with E-state index in [2.05, 4.69) is 23.4 Å². The van der Waals surface area contributed by atoms with Gasteiger partial charge in [-0.3, -0.25) is 4.79 Å². The third-order valence-electron chi connectivity index (χ3n) is 4.19. The zero-order valence-electron chi connectivity index (χ0n) is 13.4. The summed E-state index contributed by atoms with van der Waals surface area (Å²) in [7, 11) is 1.46. The van der Waals surface area contributed by atoms with Crippen LogP contribution < -0.4 is 0 Å². The van der Waals surface area contributed by atoms with Gasteiger partial charge in [-0.25, -0.2) is 0 Å². The van der Waals surface area contributed by atoms with Crippen molar-refractivity contribution in [1.29, 1.82) is 0 Å². The van der Waals surface area contributed by atoms with E-state index in [-0.39, 0.29) is 5.97 Å². The smallest absolute Gasteiger partial charge is 0.305 e. The SMILES string of the molecule is CCC1SC1CCCCCCCCCCCC(=O)OC. The number of thioether (sulfide) groups is 1. The topological polar surface area (TPSA) is 26.3 Å². The molecule has 0 aromatic rings. The molecule has 1 aliphatic heterocycles. The van der Waals surface area contributed by atoms with E-state index in [0.717, 1.165) is 16.9 Å². The van der Waals surface area contributed by atoms with Crippen molar-refractivity contribution in [3.63, 3.8) is 0 Å². The van der Waals surface area contributed by atoms with Gasteiger partial charge < -0.3 is 4.74 Å². The molecule has 2 nitrogen and oxygen atoms in total. The lowest BCUT2D eigenvalue weighted by Gasteiger charge is -2.02.